The van der Waals surface area contributed by atoms with Crippen LogP contribution in [0.25, 0.3) is 22.3 Å². The molecule has 1 fully saturated rings. The molecule has 0 saturated carbocycles. The Morgan fingerprint density at radius 1 is 1.00 bits per heavy atom. The lowest BCUT2D eigenvalue weighted by atomic mass is 9.97. The first-order valence-electron chi connectivity index (χ1n) is 8.36. The van der Waals surface area contributed by atoms with Gasteiger partial charge in [-0.3, -0.25) is 9.97 Å². The maximum absolute atomic E-state index is 13.2. The molecule has 4 heterocycles. The minimum absolute atomic E-state index is 0.0896. The third kappa shape index (κ3) is 3.18. The molecule has 3 aromatic rings. The van der Waals surface area contributed by atoms with Gasteiger partial charge < -0.3 is 4.90 Å². The summed E-state index contributed by atoms with van der Waals surface area (Å²) >= 11 is 0. The molecule has 5 nitrogen and oxygen atoms in total. The topological polar surface area (TPSA) is 54.8 Å². The lowest BCUT2D eigenvalue weighted by Crippen LogP contribution is -2.42. The number of halogens is 3. The summed E-state index contributed by atoms with van der Waals surface area (Å²) in [5.74, 6) is -0.359. The van der Waals surface area contributed by atoms with Gasteiger partial charge >= 0.3 is 6.18 Å². The van der Waals surface area contributed by atoms with Crippen LogP contribution in [0, 0.1) is 5.92 Å². The van der Waals surface area contributed by atoms with E-state index in [9.17, 15) is 13.2 Å². The van der Waals surface area contributed by atoms with Gasteiger partial charge in [0.15, 0.2) is 5.82 Å². The van der Waals surface area contributed by atoms with Crippen molar-refractivity contribution in [2.45, 2.75) is 19.0 Å². The maximum atomic E-state index is 13.2. The Morgan fingerprint density at radius 3 is 2.54 bits per heavy atom. The van der Waals surface area contributed by atoms with Crippen molar-refractivity contribution in [1.82, 2.24) is 19.9 Å². The van der Waals surface area contributed by atoms with Crippen LogP contribution in [-0.2, 0) is 0 Å². The Morgan fingerprint density at radius 2 is 1.77 bits per heavy atom. The smallest absolute Gasteiger partial charge is 0.355 e. The van der Waals surface area contributed by atoms with Crippen molar-refractivity contribution in [2.24, 2.45) is 5.92 Å². The van der Waals surface area contributed by atoms with Crippen LogP contribution in [0.4, 0.5) is 19.0 Å². The number of piperidine rings is 1. The fraction of sp³-hybridized carbons (Fsp3) is 0.333. The zero-order valence-electron chi connectivity index (χ0n) is 13.8. The van der Waals surface area contributed by atoms with Crippen molar-refractivity contribution in [3.63, 3.8) is 0 Å². The van der Waals surface area contributed by atoms with Gasteiger partial charge in [-0.25, -0.2) is 9.97 Å². The number of nitrogens with zero attached hydrogens (tertiary/aromatic N) is 5. The molecule has 1 atom stereocenters. The molecule has 1 aliphatic rings. The lowest BCUT2D eigenvalue weighted by molar-refractivity contribution is -0.176. The van der Waals surface area contributed by atoms with E-state index in [1.165, 1.54) is 0 Å². The molecular weight excluding hydrogens is 343 g/mol. The molecule has 0 unspecified atom stereocenters. The van der Waals surface area contributed by atoms with Crippen LogP contribution in [0.5, 0.6) is 0 Å². The van der Waals surface area contributed by atoms with E-state index in [-0.39, 0.29) is 13.0 Å². The number of hydrogen-bond donors (Lipinski definition) is 0. The van der Waals surface area contributed by atoms with Crippen molar-refractivity contribution in [2.75, 3.05) is 18.0 Å². The van der Waals surface area contributed by atoms with E-state index in [1.807, 2.05) is 0 Å². The van der Waals surface area contributed by atoms with E-state index in [4.69, 9.17) is 0 Å². The molecular formula is C18H16F3N5. The van der Waals surface area contributed by atoms with E-state index < -0.39 is 12.1 Å². The number of alkyl halides is 3. The van der Waals surface area contributed by atoms with Crippen molar-refractivity contribution >= 4 is 16.7 Å². The minimum Gasteiger partial charge on any atom is -0.355 e. The van der Waals surface area contributed by atoms with Crippen molar-refractivity contribution < 1.29 is 13.2 Å². The van der Waals surface area contributed by atoms with Gasteiger partial charge in [0, 0.05) is 42.6 Å². The number of hydrogen-bond acceptors (Lipinski definition) is 5. The lowest BCUT2D eigenvalue weighted by Gasteiger charge is -2.35. The van der Waals surface area contributed by atoms with E-state index in [1.54, 1.807) is 47.9 Å². The van der Waals surface area contributed by atoms with Crippen LogP contribution < -0.4 is 4.90 Å². The Bertz CT molecular complexity index is 914. The monoisotopic (exact) mass is 359 g/mol. The Labute approximate surface area is 147 Å². The van der Waals surface area contributed by atoms with Crippen LogP contribution in [0.1, 0.15) is 12.8 Å². The molecule has 0 aliphatic carbocycles. The summed E-state index contributed by atoms with van der Waals surface area (Å²) in [6, 6.07) is 5.30. The third-order valence-corrected chi connectivity index (χ3v) is 4.60. The Hall–Kier alpha value is -2.77. The van der Waals surface area contributed by atoms with E-state index in [0.29, 0.717) is 35.5 Å². The van der Waals surface area contributed by atoms with Crippen molar-refractivity contribution in [3.05, 3.63) is 43.0 Å². The van der Waals surface area contributed by atoms with Crippen molar-refractivity contribution in [3.8, 4) is 11.4 Å². The molecule has 3 aromatic heterocycles. The number of fused-ring (bicyclic) bond motifs is 1. The predicted octanol–water partition coefficient (Wildman–Crippen LogP) is 3.87. The first-order chi connectivity index (χ1) is 12.5. The van der Waals surface area contributed by atoms with Gasteiger partial charge in [-0.2, -0.15) is 13.2 Å². The predicted molar refractivity (Wildman–Crippen MR) is 91.6 cm³/mol. The number of pyridine rings is 2. The quantitative estimate of drug-likeness (QED) is 0.695. The average Bonchev–Trinajstić information content (AvgIpc) is 2.67. The fourth-order valence-electron chi connectivity index (χ4n) is 3.27. The second kappa shape index (κ2) is 6.51. The fourth-order valence-corrected chi connectivity index (χ4v) is 3.27. The summed E-state index contributed by atoms with van der Waals surface area (Å²) < 4.78 is 39.6. The average molecular weight is 359 g/mol. The molecule has 26 heavy (non-hydrogen) atoms. The molecule has 0 aromatic carbocycles. The number of rotatable bonds is 2. The maximum Gasteiger partial charge on any atom is 0.393 e. The Balaban J connectivity index is 1.81. The highest BCUT2D eigenvalue weighted by atomic mass is 19.4. The van der Waals surface area contributed by atoms with E-state index in [2.05, 4.69) is 19.9 Å². The van der Waals surface area contributed by atoms with Crippen LogP contribution >= 0.6 is 0 Å². The molecule has 134 valence electrons. The second-order valence-corrected chi connectivity index (χ2v) is 6.33. The first kappa shape index (κ1) is 16.7. The summed E-state index contributed by atoms with van der Waals surface area (Å²) in [7, 11) is 0. The van der Waals surface area contributed by atoms with Gasteiger partial charge in [0.25, 0.3) is 0 Å². The van der Waals surface area contributed by atoms with Gasteiger partial charge in [0.05, 0.1) is 17.6 Å². The van der Waals surface area contributed by atoms with Crippen LogP contribution in [0.3, 0.4) is 0 Å². The molecule has 0 spiro atoms. The second-order valence-electron chi connectivity index (χ2n) is 6.33. The molecule has 0 bridgehead atoms. The number of anilines is 1. The molecule has 0 radical (unpaired) electrons. The van der Waals surface area contributed by atoms with Crippen LogP contribution in [0.2, 0.25) is 0 Å². The summed E-state index contributed by atoms with van der Waals surface area (Å²) in [6.45, 7) is 0.449. The van der Waals surface area contributed by atoms with E-state index in [0.717, 1.165) is 5.56 Å². The summed E-state index contributed by atoms with van der Waals surface area (Å²) in [6.07, 6.45) is 2.91. The highest BCUT2D eigenvalue weighted by Crippen LogP contribution is 2.36. The molecule has 8 heteroatoms. The minimum atomic E-state index is -4.20. The molecule has 1 aliphatic heterocycles. The zero-order chi connectivity index (χ0) is 18.1. The van der Waals surface area contributed by atoms with Gasteiger partial charge in [-0.1, -0.05) is 0 Å². The normalized spacial score (nSPS) is 18.3. The summed E-state index contributed by atoms with van der Waals surface area (Å²) in [4.78, 5) is 18.9. The van der Waals surface area contributed by atoms with E-state index >= 15 is 0 Å². The Kier molecular flexibility index (Phi) is 4.18. The molecule has 0 amide bonds. The molecule has 0 N–H and O–H groups in total. The first-order valence-corrected chi connectivity index (χ1v) is 8.36. The molecule has 4 rings (SSSR count). The molecule has 1 saturated heterocycles. The van der Waals surface area contributed by atoms with Crippen LogP contribution in [-0.4, -0.2) is 39.2 Å². The number of aromatic nitrogens is 4. The van der Waals surface area contributed by atoms with Gasteiger partial charge in [-0.05, 0) is 31.0 Å². The highest BCUT2D eigenvalue weighted by molar-refractivity contribution is 5.90. The van der Waals surface area contributed by atoms with Gasteiger partial charge in [-0.15, -0.1) is 0 Å². The van der Waals surface area contributed by atoms with Crippen molar-refractivity contribution in [1.29, 1.82) is 0 Å². The zero-order valence-corrected chi connectivity index (χ0v) is 13.8. The summed E-state index contributed by atoms with van der Waals surface area (Å²) in [5, 5.41) is 0.709. The SMILES string of the molecule is FC(F)(F)[C@H]1CCCN(c2nc(-c3ccncc3)nc3cnccc23)C1. The third-order valence-electron chi connectivity index (χ3n) is 4.60. The summed E-state index contributed by atoms with van der Waals surface area (Å²) in [5.41, 5.74) is 1.37. The largest absolute Gasteiger partial charge is 0.393 e. The standard InChI is InChI=1S/C18H16F3N5/c19-18(20,21)13-2-1-9-26(11-13)17-14-5-8-23-10-15(14)24-16(25-17)12-3-6-22-7-4-12/h3-8,10,13H,1-2,9,11H2/t13-/m0/s1. The van der Waals surface area contributed by atoms with Gasteiger partial charge in [0.2, 0.25) is 0 Å². The van der Waals surface area contributed by atoms with Crippen LogP contribution in [0.15, 0.2) is 43.0 Å². The highest BCUT2D eigenvalue weighted by Gasteiger charge is 2.42. The van der Waals surface area contributed by atoms with Gasteiger partial charge in [0.1, 0.15) is 5.82 Å².